The van der Waals surface area contributed by atoms with Crippen molar-refractivity contribution in [3.8, 4) is 11.4 Å². The maximum Gasteiger partial charge on any atom is 0.160 e. The Kier molecular flexibility index (Phi) is 6.27. The monoisotopic (exact) mass is 421 g/mol. The summed E-state index contributed by atoms with van der Waals surface area (Å²) >= 11 is 9.35. The fraction of sp³-hybridized carbons (Fsp3) is 0.0455. The molecule has 2 aromatic carbocycles. The third kappa shape index (κ3) is 5.13. The molecule has 138 valence electrons. The Hall–Kier alpha value is -2.34. The predicted octanol–water partition coefficient (Wildman–Crippen LogP) is 6.64. The molecule has 0 aliphatic rings. The van der Waals surface area contributed by atoms with Crippen LogP contribution in [0.15, 0.2) is 100 Å². The van der Waals surface area contributed by atoms with Crippen molar-refractivity contribution in [1.82, 2.24) is 15.0 Å². The van der Waals surface area contributed by atoms with Gasteiger partial charge < -0.3 is 0 Å². The zero-order valence-corrected chi connectivity index (χ0v) is 17.2. The maximum absolute atomic E-state index is 5.98. The van der Waals surface area contributed by atoms with E-state index in [1.807, 2.05) is 54.6 Å². The second-order valence-corrected chi connectivity index (χ2v) is 8.49. The number of thioether (sulfide) groups is 1. The zero-order valence-electron chi connectivity index (χ0n) is 14.8. The second-order valence-electron chi connectivity index (χ2n) is 5.91. The number of rotatable bonds is 6. The Morgan fingerprint density at radius 2 is 1.54 bits per heavy atom. The van der Waals surface area contributed by atoms with Crippen LogP contribution in [0.5, 0.6) is 0 Å². The highest BCUT2D eigenvalue weighted by atomic mass is 35.5. The van der Waals surface area contributed by atoms with E-state index in [4.69, 9.17) is 21.6 Å². The van der Waals surface area contributed by atoms with Crippen molar-refractivity contribution < 1.29 is 0 Å². The zero-order chi connectivity index (χ0) is 19.2. The van der Waals surface area contributed by atoms with Gasteiger partial charge in [-0.3, -0.25) is 4.98 Å². The van der Waals surface area contributed by atoms with Crippen molar-refractivity contribution in [2.24, 2.45) is 0 Å². The van der Waals surface area contributed by atoms with Gasteiger partial charge in [-0.05, 0) is 54.6 Å². The molecule has 0 radical (unpaired) electrons. The molecule has 0 aliphatic carbocycles. The van der Waals surface area contributed by atoms with Crippen LogP contribution in [0.25, 0.3) is 11.4 Å². The Labute approximate surface area is 177 Å². The molecular formula is C22H16ClN3S2. The van der Waals surface area contributed by atoms with Gasteiger partial charge in [0, 0.05) is 38.5 Å². The van der Waals surface area contributed by atoms with Gasteiger partial charge in [0.05, 0.1) is 5.69 Å². The Bertz CT molecular complexity index is 1040. The van der Waals surface area contributed by atoms with Gasteiger partial charge >= 0.3 is 0 Å². The summed E-state index contributed by atoms with van der Waals surface area (Å²) in [7, 11) is 0. The number of benzene rings is 2. The number of nitrogens with zero attached hydrogens (tertiary/aromatic N) is 3. The molecule has 0 aliphatic heterocycles. The molecule has 0 atom stereocenters. The molecule has 0 spiro atoms. The third-order valence-corrected chi connectivity index (χ3v) is 6.08. The van der Waals surface area contributed by atoms with Gasteiger partial charge in [0.15, 0.2) is 5.82 Å². The van der Waals surface area contributed by atoms with Gasteiger partial charge in [-0.1, -0.05) is 41.6 Å². The van der Waals surface area contributed by atoms with Crippen LogP contribution < -0.4 is 0 Å². The van der Waals surface area contributed by atoms with Gasteiger partial charge in [0.1, 0.15) is 5.03 Å². The summed E-state index contributed by atoms with van der Waals surface area (Å²) in [4.78, 5) is 15.9. The summed E-state index contributed by atoms with van der Waals surface area (Å²) in [5.41, 5.74) is 1.95. The highest BCUT2D eigenvalue weighted by Gasteiger charge is 2.09. The molecule has 0 saturated carbocycles. The lowest BCUT2D eigenvalue weighted by atomic mass is 10.2. The van der Waals surface area contributed by atoms with Gasteiger partial charge in [-0.2, -0.15) is 0 Å². The SMILES string of the molecule is Clc1ccc(SCc2cc(Sc3ccccc3)nc(-c3ccncc3)n2)cc1. The Morgan fingerprint density at radius 1 is 0.786 bits per heavy atom. The summed E-state index contributed by atoms with van der Waals surface area (Å²) in [6.45, 7) is 0. The number of hydrogen-bond donors (Lipinski definition) is 0. The van der Waals surface area contributed by atoms with E-state index in [1.165, 1.54) is 0 Å². The van der Waals surface area contributed by atoms with Crippen molar-refractivity contribution in [3.63, 3.8) is 0 Å². The minimum atomic E-state index is 0.718. The molecule has 4 rings (SSSR count). The van der Waals surface area contributed by atoms with Crippen LogP contribution in [0.1, 0.15) is 5.69 Å². The third-order valence-electron chi connectivity index (χ3n) is 3.86. The van der Waals surface area contributed by atoms with E-state index in [9.17, 15) is 0 Å². The summed E-state index contributed by atoms with van der Waals surface area (Å²) in [6, 6.07) is 24.0. The van der Waals surface area contributed by atoms with Gasteiger partial charge in [0.2, 0.25) is 0 Å². The van der Waals surface area contributed by atoms with E-state index in [1.54, 1.807) is 35.9 Å². The van der Waals surface area contributed by atoms with E-state index >= 15 is 0 Å². The van der Waals surface area contributed by atoms with Crippen LogP contribution in [0.3, 0.4) is 0 Å². The number of aromatic nitrogens is 3. The summed E-state index contributed by atoms with van der Waals surface area (Å²) in [6.07, 6.45) is 3.52. The average molecular weight is 422 g/mol. The predicted molar refractivity (Wildman–Crippen MR) is 117 cm³/mol. The van der Waals surface area contributed by atoms with E-state index in [2.05, 4.69) is 23.2 Å². The van der Waals surface area contributed by atoms with Gasteiger partial charge in [0.25, 0.3) is 0 Å². The molecule has 0 bridgehead atoms. The van der Waals surface area contributed by atoms with Crippen LogP contribution in [0.4, 0.5) is 0 Å². The van der Waals surface area contributed by atoms with Crippen molar-refractivity contribution >= 4 is 35.1 Å². The van der Waals surface area contributed by atoms with Crippen molar-refractivity contribution in [2.45, 2.75) is 20.6 Å². The summed E-state index contributed by atoms with van der Waals surface area (Å²) in [5.74, 6) is 1.47. The Balaban J connectivity index is 1.62. The smallest absolute Gasteiger partial charge is 0.160 e. The first-order valence-corrected chi connectivity index (χ1v) is 10.8. The van der Waals surface area contributed by atoms with E-state index in [0.717, 1.165) is 42.7 Å². The topological polar surface area (TPSA) is 38.7 Å². The molecule has 2 heterocycles. The quantitative estimate of drug-likeness (QED) is 0.258. The van der Waals surface area contributed by atoms with Gasteiger partial charge in [-0.15, -0.1) is 11.8 Å². The standard InChI is InChI=1S/C22H16ClN3S2/c23-17-6-8-19(9-7-17)27-15-18-14-21(28-20-4-2-1-3-5-20)26-22(25-18)16-10-12-24-13-11-16/h1-14H,15H2. The maximum atomic E-state index is 5.98. The fourth-order valence-electron chi connectivity index (χ4n) is 2.53. The lowest BCUT2D eigenvalue weighted by Crippen LogP contribution is -1.97. The summed E-state index contributed by atoms with van der Waals surface area (Å²) < 4.78 is 0. The molecule has 28 heavy (non-hydrogen) atoms. The highest BCUT2D eigenvalue weighted by molar-refractivity contribution is 7.99. The minimum absolute atomic E-state index is 0.718. The lowest BCUT2D eigenvalue weighted by Gasteiger charge is -2.08. The number of halogens is 1. The average Bonchev–Trinajstić information content (AvgIpc) is 2.75. The van der Waals surface area contributed by atoms with Crippen molar-refractivity contribution in [3.05, 3.63) is 95.9 Å². The number of hydrogen-bond acceptors (Lipinski definition) is 5. The van der Waals surface area contributed by atoms with Crippen LogP contribution in [-0.4, -0.2) is 15.0 Å². The summed E-state index contributed by atoms with van der Waals surface area (Å²) in [5, 5.41) is 1.67. The molecule has 6 heteroatoms. The van der Waals surface area contributed by atoms with E-state index in [-0.39, 0.29) is 0 Å². The first kappa shape index (κ1) is 19.0. The molecule has 2 aromatic heterocycles. The molecule has 0 saturated heterocycles. The molecule has 0 amide bonds. The largest absolute Gasteiger partial charge is 0.265 e. The van der Waals surface area contributed by atoms with Gasteiger partial charge in [-0.25, -0.2) is 9.97 Å². The Morgan fingerprint density at radius 3 is 2.29 bits per heavy atom. The molecule has 3 nitrogen and oxygen atoms in total. The second kappa shape index (κ2) is 9.24. The minimum Gasteiger partial charge on any atom is -0.265 e. The lowest BCUT2D eigenvalue weighted by molar-refractivity contribution is 1.01. The van der Waals surface area contributed by atoms with Crippen LogP contribution >= 0.6 is 35.1 Å². The number of pyridine rings is 1. The first-order chi connectivity index (χ1) is 13.8. The fourth-order valence-corrected chi connectivity index (χ4v) is 4.30. The molecular weight excluding hydrogens is 406 g/mol. The van der Waals surface area contributed by atoms with Crippen molar-refractivity contribution in [2.75, 3.05) is 0 Å². The molecule has 4 aromatic rings. The van der Waals surface area contributed by atoms with E-state index in [0.29, 0.717) is 0 Å². The van der Waals surface area contributed by atoms with Crippen LogP contribution in [0, 0.1) is 0 Å². The normalized spacial score (nSPS) is 10.8. The van der Waals surface area contributed by atoms with E-state index < -0.39 is 0 Å². The highest BCUT2D eigenvalue weighted by Crippen LogP contribution is 2.30. The molecule has 0 N–H and O–H groups in total. The van der Waals surface area contributed by atoms with Crippen LogP contribution in [-0.2, 0) is 5.75 Å². The van der Waals surface area contributed by atoms with Crippen molar-refractivity contribution in [1.29, 1.82) is 0 Å². The molecule has 0 fully saturated rings. The van der Waals surface area contributed by atoms with Crippen LogP contribution in [0.2, 0.25) is 5.02 Å². The first-order valence-electron chi connectivity index (χ1n) is 8.66. The molecule has 0 unspecified atom stereocenters.